The van der Waals surface area contributed by atoms with Crippen LogP contribution in [0.4, 0.5) is 0 Å². The fourth-order valence-corrected chi connectivity index (χ4v) is 2.80. The highest BCUT2D eigenvalue weighted by molar-refractivity contribution is 6.01. The molecule has 8 heteroatoms. The molecule has 146 valence electrons. The first-order chi connectivity index (χ1) is 13.6. The van der Waals surface area contributed by atoms with Gasteiger partial charge in [-0.15, -0.1) is 0 Å². The van der Waals surface area contributed by atoms with Gasteiger partial charge in [0.15, 0.2) is 0 Å². The first-order valence-corrected chi connectivity index (χ1v) is 8.40. The maximum absolute atomic E-state index is 12.5. The van der Waals surface area contributed by atoms with Crippen LogP contribution in [0.15, 0.2) is 41.5 Å². The van der Waals surface area contributed by atoms with Gasteiger partial charge in [-0.1, -0.05) is 0 Å². The summed E-state index contributed by atoms with van der Waals surface area (Å²) < 4.78 is 21.2. The Morgan fingerprint density at radius 3 is 2.29 bits per heavy atom. The van der Waals surface area contributed by atoms with Crippen LogP contribution in [0.1, 0.15) is 16.1 Å². The number of rotatable bonds is 7. The van der Waals surface area contributed by atoms with Gasteiger partial charge in [0.05, 0.1) is 40.2 Å². The lowest BCUT2D eigenvalue weighted by atomic mass is 10.2. The minimum absolute atomic E-state index is 0.326. The molecule has 0 saturated heterocycles. The number of fused-ring (bicyclic) bond motifs is 1. The largest absolute Gasteiger partial charge is 0.497 e. The molecular formula is C20H21N3O5. The zero-order chi connectivity index (χ0) is 20.1. The molecule has 3 rings (SSSR count). The van der Waals surface area contributed by atoms with Crippen molar-refractivity contribution in [2.24, 2.45) is 5.10 Å². The Kier molecular flexibility index (Phi) is 5.69. The number of hydrogen-bond donors (Lipinski definition) is 2. The predicted molar refractivity (Wildman–Crippen MR) is 106 cm³/mol. The number of amides is 1. The Morgan fingerprint density at radius 2 is 1.61 bits per heavy atom. The van der Waals surface area contributed by atoms with Gasteiger partial charge in [-0.3, -0.25) is 4.79 Å². The van der Waals surface area contributed by atoms with Gasteiger partial charge in [0.25, 0.3) is 5.91 Å². The number of nitrogens with one attached hydrogen (secondary N) is 2. The van der Waals surface area contributed by atoms with Gasteiger partial charge >= 0.3 is 0 Å². The number of nitrogens with zero attached hydrogens (tertiary/aromatic N) is 1. The number of carbonyl (C=O) groups is 1. The monoisotopic (exact) mass is 383 g/mol. The summed E-state index contributed by atoms with van der Waals surface area (Å²) in [5.41, 5.74) is 4.16. The summed E-state index contributed by atoms with van der Waals surface area (Å²) in [6.07, 6.45) is 1.49. The molecule has 0 spiro atoms. The van der Waals surface area contributed by atoms with Crippen molar-refractivity contribution >= 4 is 23.0 Å². The highest BCUT2D eigenvalue weighted by atomic mass is 16.5. The molecule has 0 bridgehead atoms. The van der Waals surface area contributed by atoms with Gasteiger partial charge in [0.1, 0.15) is 28.7 Å². The van der Waals surface area contributed by atoms with E-state index in [1.807, 2.05) is 0 Å². The normalized spacial score (nSPS) is 10.9. The molecule has 0 atom stereocenters. The van der Waals surface area contributed by atoms with Crippen molar-refractivity contribution < 1.29 is 23.7 Å². The number of ether oxygens (including phenoxy) is 4. The zero-order valence-electron chi connectivity index (χ0n) is 16.0. The number of methoxy groups -OCH3 is 4. The molecule has 1 amide bonds. The molecule has 3 aromatic rings. The van der Waals surface area contributed by atoms with Crippen molar-refractivity contribution in [3.63, 3.8) is 0 Å². The van der Waals surface area contributed by atoms with Crippen LogP contribution in [0.5, 0.6) is 23.0 Å². The number of aromatic nitrogens is 1. The number of aromatic amines is 1. The van der Waals surface area contributed by atoms with E-state index in [0.717, 1.165) is 5.39 Å². The summed E-state index contributed by atoms with van der Waals surface area (Å²) in [4.78, 5) is 15.5. The number of hydrogen-bond acceptors (Lipinski definition) is 6. The fourth-order valence-electron chi connectivity index (χ4n) is 2.80. The van der Waals surface area contributed by atoms with Crippen LogP contribution in [-0.4, -0.2) is 45.5 Å². The minimum atomic E-state index is -0.404. The number of hydrazone groups is 1. The minimum Gasteiger partial charge on any atom is -0.497 e. The Bertz CT molecular complexity index is 985. The molecule has 2 N–H and O–H groups in total. The zero-order valence-corrected chi connectivity index (χ0v) is 16.0. The van der Waals surface area contributed by atoms with Crippen LogP contribution in [0.25, 0.3) is 10.9 Å². The lowest BCUT2D eigenvalue weighted by Gasteiger charge is -2.06. The van der Waals surface area contributed by atoms with E-state index in [9.17, 15) is 4.79 Å². The van der Waals surface area contributed by atoms with E-state index < -0.39 is 5.91 Å². The number of H-pyrrole nitrogens is 1. The van der Waals surface area contributed by atoms with Crippen LogP contribution in [0.3, 0.4) is 0 Å². The first-order valence-electron chi connectivity index (χ1n) is 8.40. The maximum atomic E-state index is 12.5. The highest BCUT2D eigenvalue weighted by Crippen LogP contribution is 2.33. The van der Waals surface area contributed by atoms with E-state index >= 15 is 0 Å². The predicted octanol–water partition coefficient (Wildman–Crippen LogP) is 2.97. The van der Waals surface area contributed by atoms with Gasteiger partial charge in [-0.25, -0.2) is 5.43 Å². The molecule has 0 unspecified atom stereocenters. The molecule has 8 nitrogen and oxygen atoms in total. The van der Waals surface area contributed by atoms with Crippen molar-refractivity contribution in [1.29, 1.82) is 0 Å². The summed E-state index contributed by atoms with van der Waals surface area (Å²) in [6.45, 7) is 0. The molecule has 0 saturated carbocycles. The van der Waals surface area contributed by atoms with E-state index in [2.05, 4.69) is 15.5 Å². The van der Waals surface area contributed by atoms with Crippen LogP contribution in [-0.2, 0) is 0 Å². The standard InChI is InChI=1S/C20H21N3O5/c1-25-13-5-6-16(26-2)12(9-13)11-21-23-20(24)15-10-14-17(27-3)7-8-18(28-4)19(14)22-15/h5-11,22H,1-4H3,(H,23,24)/b21-11-. The molecule has 0 aliphatic heterocycles. The Hall–Kier alpha value is -3.68. The molecule has 28 heavy (non-hydrogen) atoms. The topological polar surface area (TPSA) is 94.2 Å². The lowest BCUT2D eigenvalue weighted by molar-refractivity contribution is 0.0951. The van der Waals surface area contributed by atoms with E-state index in [4.69, 9.17) is 18.9 Å². The Balaban J connectivity index is 1.83. The molecule has 0 aliphatic carbocycles. The van der Waals surface area contributed by atoms with Crippen LogP contribution in [0.2, 0.25) is 0 Å². The summed E-state index contributed by atoms with van der Waals surface area (Å²) in [5, 5.41) is 4.76. The molecule has 0 fully saturated rings. The van der Waals surface area contributed by atoms with Crippen molar-refractivity contribution in [2.45, 2.75) is 0 Å². The van der Waals surface area contributed by atoms with Gasteiger partial charge < -0.3 is 23.9 Å². The summed E-state index contributed by atoms with van der Waals surface area (Å²) in [5.74, 6) is 2.11. The van der Waals surface area contributed by atoms with Crippen molar-refractivity contribution in [3.8, 4) is 23.0 Å². The SMILES string of the molecule is COc1ccc(OC)c(/C=N\NC(=O)c2cc3c(OC)ccc(OC)c3[nH]2)c1. The first kappa shape index (κ1) is 19.1. The Labute approximate surface area is 162 Å². The van der Waals surface area contributed by atoms with Crippen molar-refractivity contribution in [1.82, 2.24) is 10.4 Å². The van der Waals surface area contributed by atoms with Gasteiger partial charge in [0, 0.05) is 10.9 Å². The second-order valence-electron chi connectivity index (χ2n) is 5.75. The van der Waals surface area contributed by atoms with E-state index in [0.29, 0.717) is 39.8 Å². The van der Waals surface area contributed by atoms with Crippen LogP contribution >= 0.6 is 0 Å². The average molecular weight is 383 g/mol. The summed E-state index contributed by atoms with van der Waals surface area (Å²) >= 11 is 0. The van der Waals surface area contributed by atoms with Crippen LogP contribution in [0, 0.1) is 0 Å². The molecule has 0 aliphatic rings. The van der Waals surface area contributed by atoms with Crippen LogP contribution < -0.4 is 24.4 Å². The summed E-state index contributed by atoms with van der Waals surface area (Å²) in [7, 11) is 6.26. The fraction of sp³-hybridized carbons (Fsp3) is 0.200. The quantitative estimate of drug-likeness (QED) is 0.483. The van der Waals surface area contributed by atoms with Gasteiger partial charge in [-0.05, 0) is 36.4 Å². The van der Waals surface area contributed by atoms with Gasteiger partial charge in [0.2, 0.25) is 0 Å². The third-order valence-electron chi connectivity index (χ3n) is 4.21. The third kappa shape index (κ3) is 3.71. The molecule has 0 radical (unpaired) electrons. The lowest BCUT2D eigenvalue weighted by Crippen LogP contribution is -2.17. The third-order valence-corrected chi connectivity index (χ3v) is 4.21. The number of benzene rings is 2. The second-order valence-corrected chi connectivity index (χ2v) is 5.75. The van der Waals surface area contributed by atoms with Crippen molar-refractivity contribution in [3.05, 3.63) is 47.7 Å². The summed E-state index contributed by atoms with van der Waals surface area (Å²) in [6, 6.07) is 10.5. The van der Waals surface area contributed by atoms with E-state index in [1.165, 1.54) is 6.21 Å². The van der Waals surface area contributed by atoms with E-state index in [-0.39, 0.29) is 0 Å². The number of carbonyl (C=O) groups excluding carboxylic acids is 1. The van der Waals surface area contributed by atoms with E-state index in [1.54, 1.807) is 64.8 Å². The smallest absolute Gasteiger partial charge is 0.287 e. The molecule has 1 heterocycles. The second kappa shape index (κ2) is 8.34. The maximum Gasteiger partial charge on any atom is 0.287 e. The molecule has 2 aromatic carbocycles. The average Bonchev–Trinajstić information content (AvgIpc) is 3.18. The van der Waals surface area contributed by atoms with Crippen molar-refractivity contribution in [2.75, 3.05) is 28.4 Å². The molecular weight excluding hydrogens is 362 g/mol. The highest BCUT2D eigenvalue weighted by Gasteiger charge is 2.15. The van der Waals surface area contributed by atoms with Gasteiger partial charge in [-0.2, -0.15) is 5.10 Å². The Morgan fingerprint density at radius 1 is 0.929 bits per heavy atom. The molecule has 1 aromatic heterocycles.